The first-order valence-corrected chi connectivity index (χ1v) is 5.48. The van der Waals surface area contributed by atoms with Gasteiger partial charge in [0, 0.05) is 19.2 Å². The Morgan fingerprint density at radius 1 is 1.24 bits per heavy atom. The SMILES string of the molecule is Cc1cc(CN(C)Cc2ccc(F)cc2)no1. The molecule has 2 aromatic rings. The molecule has 0 saturated heterocycles. The molecule has 1 aromatic heterocycles. The molecular formula is C13H15FN2O. The van der Waals surface area contributed by atoms with E-state index in [0.29, 0.717) is 6.54 Å². The first-order chi connectivity index (χ1) is 8.13. The summed E-state index contributed by atoms with van der Waals surface area (Å²) in [6.45, 7) is 3.34. The van der Waals surface area contributed by atoms with Gasteiger partial charge in [-0.05, 0) is 31.7 Å². The van der Waals surface area contributed by atoms with Gasteiger partial charge in [0.15, 0.2) is 0 Å². The van der Waals surface area contributed by atoms with Gasteiger partial charge in [-0.1, -0.05) is 17.3 Å². The minimum Gasteiger partial charge on any atom is -0.361 e. The second kappa shape index (κ2) is 5.10. The van der Waals surface area contributed by atoms with Crippen LogP contribution in [0.3, 0.4) is 0 Å². The van der Waals surface area contributed by atoms with Gasteiger partial charge in [0.1, 0.15) is 11.6 Å². The molecule has 4 heteroatoms. The molecule has 2 rings (SSSR count). The maximum atomic E-state index is 12.7. The van der Waals surface area contributed by atoms with Crippen LogP contribution in [0.15, 0.2) is 34.9 Å². The van der Waals surface area contributed by atoms with Gasteiger partial charge in [0.05, 0.1) is 5.69 Å². The van der Waals surface area contributed by atoms with E-state index in [2.05, 4.69) is 10.1 Å². The maximum Gasteiger partial charge on any atom is 0.133 e. The lowest BCUT2D eigenvalue weighted by atomic mass is 10.2. The van der Waals surface area contributed by atoms with Gasteiger partial charge in [-0.2, -0.15) is 0 Å². The van der Waals surface area contributed by atoms with Crippen molar-refractivity contribution >= 4 is 0 Å². The number of nitrogens with zero attached hydrogens (tertiary/aromatic N) is 2. The Labute approximate surface area is 99.8 Å². The molecule has 3 nitrogen and oxygen atoms in total. The van der Waals surface area contributed by atoms with Crippen molar-refractivity contribution in [3.63, 3.8) is 0 Å². The molecule has 0 bridgehead atoms. The van der Waals surface area contributed by atoms with E-state index >= 15 is 0 Å². The van der Waals surface area contributed by atoms with Crippen LogP contribution in [0.25, 0.3) is 0 Å². The van der Waals surface area contributed by atoms with Gasteiger partial charge in [0.2, 0.25) is 0 Å². The van der Waals surface area contributed by atoms with Gasteiger partial charge >= 0.3 is 0 Å². The fourth-order valence-corrected chi connectivity index (χ4v) is 1.73. The molecule has 90 valence electrons. The Hall–Kier alpha value is -1.68. The first kappa shape index (κ1) is 11.8. The molecule has 0 amide bonds. The van der Waals surface area contributed by atoms with Crippen molar-refractivity contribution in [2.75, 3.05) is 7.05 Å². The van der Waals surface area contributed by atoms with E-state index in [4.69, 9.17) is 4.52 Å². The van der Waals surface area contributed by atoms with Crippen LogP contribution in [0, 0.1) is 12.7 Å². The van der Waals surface area contributed by atoms with Crippen LogP contribution < -0.4 is 0 Å². The summed E-state index contributed by atoms with van der Waals surface area (Å²) in [7, 11) is 1.99. The highest BCUT2D eigenvalue weighted by atomic mass is 19.1. The highest BCUT2D eigenvalue weighted by Gasteiger charge is 2.05. The summed E-state index contributed by atoms with van der Waals surface area (Å²) >= 11 is 0. The molecule has 0 radical (unpaired) electrons. The first-order valence-electron chi connectivity index (χ1n) is 5.48. The Morgan fingerprint density at radius 3 is 2.53 bits per heavy atom. The monoisotopic (exact) mass is 234 g/mol. The summed E-state index contributed by atoms with van der Waals surface area (Å²) in [5, 5.41) is 3.93. The van der Waals surface area contributed by atoms with Crippen LogP contribution in [-0.2, 0) is 13.1 Å². The summed E-state index contributed by atoms with van der Waals surface area (Å²) in [5.74, 6) is 0.610. The highest BCUT2D eigenvalue weighted by Crippen LogP contribution is 2.09. The van der Waals surface area contributed by atoms with Gasteiger partial charge in [-0.3, -0.25) is 4.90 Å². The third-order valence-corrected chi connectivity index (χ3v) is 2.47. The molecule has 0 unspecified atom stereocenters. The fraction of sp³-hybridized carbons (Fsp3) is 0.308. The van der Waals surface area contributed by atoms with Crippen LogP contribution >= 0.6 is 0 Å². The number of hydrogen-bond acceptors (Lipinski definition) is 3. The lowest BCUT2D eigenvalue weighted by Gasteiger charge is -2.14. The van der Waals surface area contributed by atoms with E-state index in [1.165, 1.54) is 12.1 Å². The van der Waals surface area contributed by atoms with E-state index in [1.54, 1.807) is 12.1 Å². The lowest BCUT2D eigenvalue weighted by molar-refractivity contribution is 0.302. The summed E-state index contributed by atoms with van der Waals surface area (Å²) in [6.07, 6.45) is 0. The van der Waals surface area contributed by atoms with Gasteiger partial charge in [0.25, 0.3) is 0 Å². The van der Waals surface area contributed by atoms with Crippen molar-refractivity contribution in [2.24, 2.45) is 0 Å². The molecule has 0 spiro atoms. The van der Waals surface area contributed by atoms with Crippen LogP contribution in [0.2, 0.25) is 0 Å². The Kier molecular flexibility index (Phi) is 3.54. The molecule has 0 saturated carbocycles. The zero-order valence-electron chi connectivity index (χ0n) is 9.98. The number of halogens is 1. The van der Waals surface area contributed by atoms with Crippen molar-refractivity contribution in [3.8, 4) is 0 Å². The molecule has 0 aliphatic carbocycles. The van der Waals surface area contributed by atoms with E-state index in [-0.39, 0.29) is 5.82 Å². The van der Waals surface area contributed by atoms with Crippen molar-refractivity contribution in [2.45, 2.75) is 20.0 Å². The minimum absolute atomic E-state index is 0.205. The smallest absolute Gasteiger partial charge is 0.133 e. The molecule has 17 heavy (non-hydrogen) atoms. The molecule has 0 aliphatic rings. The van der Waals surface area contributed by atoms with Crippen molar-refractivity contribution in [1.82, 2.24) is 10.1 Å². The van der Waals surface area contributed by atoms with E-state index in [0.717, 1.165) is 23.6 Å². The minimum atomic E-state index is -0.205. The zero-order chi connectivity index (χ0) is 12.3. The van der Waals surface area contributed by atoms with Crippen LogP contribution in [-0.4, -0.2) is 17.1 Å². The van der Waals surface area contributed by atoms with Crippen molar-refractivity contribution in [3.05, 3.63) is 53.2 Å². The van der Waals surface area contributed by atoms with Crippen LogP contribution in [0.1, 0.15) is 17.0 Å². The van der Waals surface area contributed by atoms with Crippen LogP contribution in [0.5, 0.6) is 0 Å². The molecule has 0 N–H and O–H groups in total. The number of hydrogen-bond donors (Lipinski definition) is 0. The number of aromatic nitrogens is 1. The van der Waals surface area contributed by atoms with Crippen molar-refractivity contribution < 1.29 is 8.91 Å². The number of aryl methyl sites for hydroxylation is 1. The van der Waals surface area contributed by atoms with E-state index < -0.39 is 0 Å². The third kappa shape index (κ3) is 3.39. The normalized spacial score (nSPS) is 11.1. The maximum absolute atomic E-state index is 12.7. The van der Waals surface area contributed by atoms with Crippen molar-refractivity contribution in [1.29, 1.82) is 0 Å². The number of rotatable bonds is 4. The summed E-state index contributed by atoms with van der Waals surface area (Å²) in [6, 6.07) is 8.45. The average Bonchev–Trinajstić information content (AvgIpc) is 2.67. The summed E-state index contributed by atoms with van der Waals surface area (Å²) in [5.41, 5.74) is 1.99. The fourth-order valence-electron chi connectivity index (χ4n) is 1.73. The zero-order valence-corrected chi connectivity index (χ0v) is 9.98. The van der Waals surface area contributed by atoms with Gasteiger partial charge in [-0.15, -0.1) is 0 Å². The Morgan fingerprint density at radius 2 is 1.94 bits per heavy atom. The molecule has 1 aromatic carbocycles. The van der Waals surface area contributed by atoms with Gasteiger partial charge < -0.3 is 4.52 Å². The standard InChI is InChI=1S/C13H15FN2O/c1-10-7-13(15-17-10)9-16(2)8-11-3-5-12(14)6-4-11/h3-7H,8-9H2,1-2H3. The van der Waals surface area contributed by atoms with E-state index in [9.17, 15) is 4.39 Å². The quantitative estimate of drug-likeness (QED) is 0.814. The van der Waals surface area contributed by atoms with E-state index in [1.807, 2.05) is 20.0 Å². The summed E-state index contributed by atoms with van der Waals surface area (Å²) < 4.78 is 17.7. The Bertz CT molecular complexity index is 478. The predicted molar refractivity (Wildman–Crippen MR) is 62.8 cm³/mol. The third-order valence-electron chi connectivity index (χ3n) is 2.47. The Balaban J connectivity index is 1.93. The average molecular weight is 234 g/mol. The van der Waals surface area contributed by atoms with Gasteiger partial charge in [-0.25, -0.2) is 4.39 Å². The molecule has 0 atom stereocenters. The highest BCUT2D eigenvalue weighted by molar-refractivity contribution is 5.16. The molecule has 0 aliphatic heterocycles. The molecular weight excluding hydrogens is 219 g/mol. The molecule has 0 fully saturated rings. The molecule has 1 heterocycles. The largest absolute Gasteiger partial charge is 0.361 e. The summed E-state index contributed by atoms with van der Waals surface area (Å²) in [4.78, 5) is 2.10. The predicted octanol–water partition coefficient (Wildman–Crippen LogP) is 2.75. The number of benzene rings is 1. The second-order valence-corrected chi connectivity index (χ2v) is 4.23. The topological polar surface area (TPSA) is 29.3 Å². The van der Waals surface area contributed by atoms with Crippen LogP contribution in [0.4, 0.5) is 4.39 Å². The lowest BCUT2D eigenvalue weighted by Crippen LogP contribution is -2.17. The second-order valence-electron chi connectivity index (χ2n) is 4.23.